The standard InChI is InChI=1S/C19H18N2O5.C3H10N2S/c1-3-26-16(23)8-7-15(22)20-12-9-11-5-4-6-13-17(11)14(10-12)19(25)21(2)18(13)24;1-2-5(4)3-6/h4-6,9-10H,3,7-8H2,1-2H3,(H,20,22);6H,2-4H2,1H3. The van der Waals surface area contributed by atoms with Crippen molar-refractivity contribution >= 4 is 52.8 Å². The van der Waals surface area contributed by atoms with Gasteiger partial charge in [0, 0.05) is 36.7 Å². The largest absolute Gasteiger partial charge is 0.466 e. The highest BCUT2D eigenvalue weighted by molar-refractivity contribution is 7.80. The molecule has 0 spiro atoms. The number of nitrogens with zero attached hydrogens (tertiary/aromatic N) is 2. The molecule has 2 aromatic carbocycles. The third kappa shape index (κ3) is 6.06. The Morgan fingerprint density at radius 2 is 1.81 bits per heavy atom. The summed E-state index contributed by atoms with van der Waals surface area (Å²) >= 11 is 3.90. The summed E-state index contributed by atoms with van der Waals surface area (Å²) in [5.74, 6) is 4.31. The topological polar surface area (TPSA) is 122 Å². The number of hydrogen-bond acceptors (Lipinski definition) is 8. The van der Waals surface area contributed by atoms with Gasteiger partial charge in [-0.2, -0.15) is 12.6 Å². The van der Waals surface area contributed by atoms with Crippen molar-refractivity contribution in [3.63, 3.8) is 0 Å². The smallest absolute Gasteiger partial charge is 0.306 e. The monoisotopic (exact) mass is 460 g/mol. The number of hydrogen-bond donors (Lipinski definition) is 3. The van der Waals surface area contributed by atoms with Crippen LogP contribution in [0.5, 0.6) is 0 Å². The van der Waals surface area contributed by atoms with Crippen molar-refractivity contribution in [1.82, 2.24) is 9.91 Å². The molecule has 0 saturated heterocycles. The second-order valence-electron chi connectivity index (χ2n) is 7.00. The molecular weight excluding hydrogens is 432 g/mol. The van der Waals surface area contributed by atoms with E-state index in [4.69, 9.17) is 10.6 Å². The van der Waals surface area contributed by atoms with Crippen LogP contribution in [0.3, 0.4) is 0 Å². The first-order chi connectivity index (χ1) is 15.2. The minimum absolute atomic E-state index is 0.0135. The Hall–Kier alpha value is -2.95. The Labute approximate surface area is 192 Å². The number of nitrogens with two attached hydrogens (primary N) is 1. The normalized spacial score (nSPS) is 12.5. The molecule has 32 heavy (non-hydrogen) atoms. The Kier molecular flexibility index (Phi) is 9.18. The number of ether oxygens (including phenoxy) is 1. The number of carbonyl (C=O) groups excluding carboxylic acids is 4. The van der Waals surface area contributed by atoms with Crippen molar-refractivity contribution in [3.8, 4) is 0 Å². The average Bonchev–Trinajstić information content (AvgIpc) is 2.79. The van der Waals surface area contributed by atoms with Crippen molar-refractivity contribution < 1.29 is 23.9 Å². The van der Waals surface area contributed by atoms with Crippen LogP contribution in [-0.2, 0) is 14.3 Å². The molecule has 0 aliphatic carbocycles. The molecule has 172 valence electrons. The van der Waals surface area contributed by atoms with Crippen LogP contribution in [0.2, 0.25) is 0 Å². The Bertz CT molecular complexity index is 1020. The molecule has 1 aliphatic rings. The molecule has 0 saturated carbocycles. The second-order valence-corrected chi connectivity index (χ2v) is 7.28. The van der Waals surface area contributed by atoms with E-state index in [0.717, 1.165) is 11.4 Å². The molecule has 0 aromatic heterocycles. The number of esters is 1. The van der Waals surface area contributed by atoms with E-state index < -0.39 is 11.9 Å². The summed E-state index contributed by atoms with van der Waals surface area (Å²) in [4.78, 5) is 49.2. The van der Waals surface area contributed by atoms with E-state index >= 15 is 0 Å². The molecule has 3 N–H and O–H groups in total. The third-order valence-corrected chi connectivity index (χ3v) is 5.14. The zero-order chi connectivity index (χ0) is 23.8. The minimum Gasteiger partial charge on any atom is -0.466 e. The van der Waals surface area contributed by atoms with Gasteiger partial charge < -0.3 is 10.1 Å². The second kappa shape index (κ2) is 11.6. The Balaban J connectivity index is 0.000000534. The van der Waals surface area contributed by atoms with Gasteiger partial charge in [0.2, 0.25) is 5.91 Å². The van der Waals surface area contributed by atoms with Crippen LogP contribution in [0.4, 0.5) is 5.69 Å². The maximum atomic E-state index is 12.5. The van der Waals surface area contributed by atoms with E-state index in [1.54, 1.807) is 42.3 Å². The molecular formula is C22H28N4O5S. The molecule has 0 radical (unpaired) electrons. The van der Waals surface area contributed by atoms with Crippen molar-refractivity contribution in [2.24, 2.45) is 5.84 Å². The first-order valence-corrected chi connectivity index (χ1v) is 10.8. The fourth-order valence-corrected chi connectivity index (χ4v) is 3.27. The number of carbonyl (C=O) groups is 4. The SMILES string of the molecule is CCN(N)CS.CCOC(=O)CCC(=O)Nc1cc2c3c(cccc3c1)C(=O)N(C)C2=O. The molecule has 1 aliphatic heterocycles. The molecule has 0 bridgehead atoms. The lowest BCUT2D eigenvalue weighted by Crippen LogP contribution is -2.37. The van der Waals surface area contributed by atoms with Gasteiger partial charge in [-0.05, 0) is 30.5 Å². The van der Waals surface area contributed by atoms with Crippen molar-refractivity contribution in [3.05, 3.63) is 41.5 Å². The molecule has 3 rings (SSSR count). The fraction of sp³-hybridized carbons (Fsp3) is 0.364. The molecule has 1 heterocycles. The number of amides is 3. The van der Waals surface area contributed by atoms with Crippen LogP contribution in [-0.4, -0.2) is 59.7 Å². The van der Waals surface area contributed by atoms with E-state index in [9.17, 15) is 19.2 Å². The lowest BCUT2D eigenvalue weighted by atomic mass is 9.93. The lowest BCUT2D eigenvalue weighted by molar-refractivity contribution is -0.144. The van der Waals surface area contributed by atoms with Gasteiger partial charge in [0.1, 0.15) is 0 Å². The minimum atomic E-state index is -0.434. The summed E-state index contributed by atoms with van der Waals surface area (Å²) in [7, 11) is 1.43. The van der Waals surface area contributed by atoms with Gasteiger partial charge in [-0.3, -0.25) is 29.9 Å². The lowest BCUT2D eigenvalue weighted by Gasteiger charge is -2.24. The van der Waals surface area contributed by atoms with Gasteiger partial charge in [0.15, 0.2) is 0 Å². The van der Waals surface area contributed by atoms with Crippen LogP contribution < -0.4 is 11.2 Å². The molecule has 9 nitrogen and oxygen atoms in total. The molecule has 3 amide bonds. The third-order valence-electron chi connectivity index (χ3n) is 4.78. The van der Waals surface area contributed by atoms with Crippen LogP contribution in [0.25, 0.3) is 10.8 Å². The first kappa shape index (κ1) is 25.3. The molecule has 0 fully saturated rings. The van der Waals surface area contributed by atoms with Crippen LogP contribution in [0.1, 0.15) is 47.4 Å². The maximum Gasteiger partial charge on any atom is 0.306 e. The first-order valence-electron chi connectivity index (χ1n) is 10.2. The number of imide groups is 1. The predicted molar refractivity (Wildman–Crippen MR) is 125 cm³/mol. The molecule has 10 heteroatoms. The maximum absolute atomic E-state index is 12.5. The molecule has 0 atom stereocenters. The van der Waals surface area contributed by atoms with Gasteiger partial charge in [0.05, 0.1) is 24.5 Å². The summed E-state index contributed by atoms with van der Waals surface area (Å²) < 4.78 is 4.79. The highest BCUT2D eigenvalue weighted by atomic mass is 32.1. The number of nitrogens with one attached hydrogen (secondary N) is 1. The van der Waals surface area contributed by atoms with E-state index in [0.29, 0.717) is 33.5 Å². The van der Waals surface area contributed by atoms with Crippen LogP contribution >= 0.6 is 12.6 Å². The van der Waals surface area contributed by atoms with E-state index in [2.05, 4.69) is 17.9 Å². The highest BCUT2D eigenvalue weighted by Gasteiger charge is 2.30. The number of benzene rings is 2. The number of hydrazine groups is 1. The van der Waals surface area contributed by atoms with Gasteiger partial charge in [-0.25, -0.2) is 5.01 Å². The van der Waals surface area contributed by atoms with Crippen LogP contribution in [0, 0.1) is 0 Å². The average molecular weight is 461 g/mol. The summed E-state index contributed by atoms with van der Waals surface area (Å²) in [6.45, 7) is 4.82. The summed E-state index contributed by atoms with van der Waals surface area (Å²) in [5.41, 5.74) is 1.26. The Morgan fingerprint density at radius 1 is 1.12 bits per heavy atom. The number of rotatable bonds is 7. The molecule has 0 unspecified atom stereocenters. The predicted octanol–water partition coefficient (Wildman–Crippen LogP) is 2.42. The zero-order valence-electron chi connectivity index (χ0n) is 18.4. The van der Waals surface area contributed by atoms with Crippen molar-refractivity contribution in [2.45, 2.75) is 26.7 Å². The van der Waals surface area contributed by atoms with Gasteiger partial charge >= 0.3 is 5.97 Å². The number of anilines is 1. The van der Waals surface area contributed by atoms with E-state index in [-0.39, 0.29) is 31.3 Å². The number of thiol groups is 1. The van der Waals surface area contributed by atoms with E-state index in [1.165, 1.54) is 7.05 Å². The summed E-state index contributed by atoms with van der Waals surface area (Å²) in [6, 6.07) is 8.45. The summed E-state index contributed by atoms with van der Waals surface area (Å²) in [6.07, 6.45) is -0.0288. The van der Waals surface area contributed by atoms with Gasteiger partial charge in [-0.1, -0.05) is 19.1 Å². The molecule has 2 aromatic rings. The Morgan fingerprint density at radius 3 is 2.41 bits per heavy atom. The van der Waals surface area contributed by atoms with Gasteiger partial charge in [0.25, 0.3) is 11.8 Å². The highest BCUT2D eigenvalue weighted by Crippen LogP contribution is 2.32. The van der Waals surface area contributed by atoms with E-state index in [1.807, 2.05) is 6.92 Å². The quantitative estimate of drug-likeness (QED) is 0.145. The summed E-state index contributed by atoms with van der Waals surface area (Å²) in [5, 5.41) is 5.59. The van der Waals surface area contributed by atoms with Crippen molar-refractivity contribution in [2.75, 3.05) is 31.4 Å². The van der Waals surface area contributed by atoms with Crippen LogP contribution in [0.15, 0.2) is 30.3 Å². The zero-order valence-corrected chi connectivity index (χ0v) is 19.3. The fourth-order valence-electron chi connectivity index (χ4n) is 3.07. The van der Waals surface area contributed by atoms with Gasteiger partial charge in [-0.15, -0.1) is 0 Å². The van der Waals surface area contributed by atoms with Crippen molar-refractivity contribution in [1.29, 1.82) is 0 Å².